The molecule has 0 spiro atoms. The van der Waals surface area contributed by atoms with Crippen LogP contribution in [-0.2, 0) is 4.79 Å². The fourth-order valence-electron chi connectivity index (χ4n) is 1.59. The molecule has 0 aliphatic rings. The number of hydrogen-bond donors (Lipinski definition) is 1. The van der Waals surface area contributed by atoms with Crippen LogP contribution in [0.15, 0.2) is 48.1 Å². The van der Waals surface area contributed by atoms with Gasteiger partial charge in [-0.25, -0.2) is 0 Å². The predicted molar refractivity (Wildman–Crippen MR) is 67.5 cm³/mol. The summed E-state index contributed by atoms with van der Waals surface area (Å²) in [4.78, 5) is 13.9. The zero-order chi connectivity index (χ0) is 12.7. The zero-order valence-electron chi connectivity index (χ0n) is 10.1. The Morgan fingerprint density at radius 3 is 2.59 bits per heavy atom. The highest BCUT2D eigenvalue weighted by Crippen LogP contribution is 2.16. The molecule has 1 N–H and O–H groups in total. The van der Waals surface area contributed by atoms with E-state index in [1.807, 2.05) is 0 Å². The zero-order valence-corrected chi connectivity index (χ0v) is 10.1. The van der Waals surface area contributed by atoms with Gasteiger partial charge < -0.3 is 14.6 Å². The van der Waals surface area contributed by atoms with Crippen LogP contribution in [0.1, 0.15) is 11.8 Å². The summed E-state index contributed by atoms with van der Waals surface area (Å²) < 4.78 is 5.25. The van der Waals surface area contributed by atoms with Crippen molar-refractivity contribution in [2.45, 2.75) is 6.04 Å². The summed E-state index contributed by atoms with van der Waals surface area (Å²) in [6, 6.07) is 3.07. The lowest BCUT2D eigenvalue weighted by Crippen LogP contribution is -2.39. The number of furan rings is 1. The number of rotatable bonds is 7. The molecule has 4 nitrogen and oxygen atoms in total. The third-order valence-electron chi connectivity index (χ3n) is 2.37. The van der Waals surface area contributed by atoms with E-state index in [0.29, 0.717) is 18.8 Å². The lowest BCUT2D eigenvalue weighted by atomic mass is 10.2. The first-order valence-corrected chi connectivity index (χ1v) is 5.45. The Labute approximate surface area is 102 Å². The first-order valence-electron chi connectivity index (χ1n) is 5.45. The van der Waals surface area contributed by atoms with E-state index in [1.165, 1.54) is 0 Å². The monoisotopic (exact) mass is 234 g/mol. The van der Waals surface area contributed by atoms with Crippen LogP contribution in [0.25, 0.3) is 0 Å². The summed E-state index contributed by atoms with van der Waals surface area (Å²) >= 11 is 0. The van der Waals surface area contributed by atoms with Crippen LogP contribution in [0.4, 0.5) is 0 Å². The maximum atomic E-state index is 12.3. The highest BCUT2D eigenvalue weighted by molar-refractivity contribution is 5.82. The smallest absolute Gasteiger partial charge is 0.248 e. The van der Waals surface area contributed by atoms with Crippen LogP contribution >= 0.6 is 0 Å². The van der Waals surface area contributed by atoms with Crippen molar-refractivity contribution in [3.05, 3.63) is 49.5 Å². The average Bonchev–Trinajstić information content (AvgIpc) is 2.83. The summed E-state index contributed by atoms with van der Waals surface area (Å²) in [5.74, 6) is 0.554. The number of likely N-dealkylation sites (N-methyl/N-ethyl adjacent to an activating group) is 1. The van der Waals surface area contributed by atoms with Crippen molar-refractivity contribution in [2.75, 3.05) is 20.1 Å². The van der Waals surface area contributed by atoms with Crippen LogP contribution in [0.5, 0.6) is 0 Å². The molecule has 0 fully saturated rings. The molecule has 0 aliphatic carbocycles. The summed E-state index contributed by atoms with van der Waals surface area (Å²) in [5, 5.41) is 2.95. The minimum atomic E-state index is -0.468. The van der Waals surface area contributed by atoms with Gasteiger partial charge in [-0.05, 0) is 19.2 Å². The number of nitrogens with zero attached hydrogens (tertiary/aromatic N) is 1. The summed E-state index contributed by atoms with van der Waals surface area (Å²) in [6.07, 6.45) is 4.94. The van der Waals surface area contributed by atoms with E-state index < -0.39 is 6.04 Å². The van der Waals surface area contributed by atoms with Crippen LogP contribution < -0.4 is 5.32 Å². The first-order chi connectivity index (χ1) is 8.24. The lowest BCUT2D eigenvalue weighted by molar-refractivity contribution is -0.132. The highest BCUT2D eigenvalue weighted by atomic mass is 16.3. The molecular formula is C13H18N2O2. The van der Waals surface area contributed by atoms with E-state index in [0.717, 1.165) is 0 Å². The van der Waals surface area contributed by atoms with E-state index in [1.54, 1.807) is 42.5 Å². The quantitative estimate of drug-likeness (QED) is 0.731. The van der Waals surface area contributed by atoms with Gasteiger partial charge in [0.2, 0.25) is 5.91 Å². The van der Waals surface area contributed by atoms with Gasteiger partial charge in [-0.3, -0.25) is 4.79 Å². The molecule has 92 valence electrons. The Bertz CT molecular complexity index is 361. The Balaban J connectivity index is 2.83. The minimum Gasteiger partial charge on any atom is -0.467 e. The van der Waals surface area contributed by atoms with Crippen molar-refractivity contribution in [1.82, 2.24) is 10.2 Å². The Morgan fingerprint density at radius 1 is 1.53 bits per heavy atom. The number of nitrogens with one attached hydrogen (secondary N) is 1. The second-order valence-corrected chi connectivity index (χ2v) is 3.56. The van der Waals surface area contributed by atoms with Crippen molar-refractivity contribution >= 4 is 5.91 Å². The molecule has 17 heavy (non-hydrogen) atoms. The molecule has 1 heterocycles. The van der Waals surface area contributed by atoms with Gasteiger partial charge in [-0.15, -0.1) is 13.2 Å². The van der Waals surface area contributed by atoms with Gasteiger partial charge >= 0.3 is 0 Å². The lowest BCUT2D eigenvalue weighted by Gasteiger charge is -2.24. The summed E-state index contributed by atoms with van der Waals surface area (Å²) in [7, 11) is 1.73. The average molecular weight is 234 g/mol. The number of amides is 1. The molecule has 0 saturated carbocycles. The van der Waals surface area contributed by atoms with E-state index >= 15 is 0 Å². The number of hydrogen-bond acceptors (Lipinski definition) is 3. The molecule has 1 unspecified atom stereocenters. The molecular weight excluding hydrogens is 216 g/mol. The molecule has 1 rings (SSSR count). The molecule has 4 heteroatoms. The molecule has 1 atom stereocenters. The SMILES string of the molecule is C=CCN(CC=C)C(=O)C(NC)c1ccco1. The molecule has 0 aliphatic heterocycles. The van der Waals surface area contributed by atoms with Gasteiger partial charge in [0, 0.05) is 13.1 Å². The van der Waals surface area contributed by atoms with Crippen molar-refractivity contribution < 1.29 is 9.21 Å². The predicted octanol–water partition coefficient (Wildman–Crippen LogP) is 1.74. The number of carbonyl (C=O) groups excluding carboxylic acids is 1. The van der Waals surface area contributed by atoms with E-state index in [2.05, 4.69) is 18.5 Å². The van der Waals surface area contributed by atoms with Crippen molar-refractivity contribution in [1.29, 1.82) is 0 Å². The van der Waals surface area contributed by atoms with Crippen LogP contribution in [0, 0.1) is 0 Å². The van der Waals surface area contributed by atoms with E-state index in [4.69, 9.17) is 4.42 Å². The number of carbonyl (C=O) groups is 1. The van der Waals surface area contributed by atoms with Gasteiger partial charge in [0.1, 0.15) is 11.8 Å². The first kappa shape index (κ1) is 13.3. The molecule has 1 aromatic heterocycles. The molecule has 0 aromatic carbocycles. The van der Waals surface area contributed by atoms with Crippen molar-refractivity contribution in [3.8, 4) is 0 Å². The fourth-order valence-corrected chi connectivity index (χ4v) is 1.59. The molecule has 0 radical (unpaired) electrons. The van der Waals surface area contributed by atoms with Crippen LogP contribution in [0.3, 0.4) is 0 Å². The molecule has 0 saturated heterocycles. The van der Waals surface area contributed by atoms with Crippen molar-refractivity contribution in [2.24, 2.45) is 0 Å². The topological polar surface area (TPSA) is 45.5 Å². The summed E-state index contributed by atoms with van der Waals surface area (Å²) in [5.41, 5.74) is 0. The van der Waals surface area contributed by atoms with Crippen LogP contribution in [-0.4, -0.2) is 30.9 Å². The maximum Gasteiger partial charge on any atom is 0.248 e. The van der Waals surface area contributed by atoms with Crippen LogP contribution in [0.2, 0.25) is 0 Å². The van der Waals surface area contributed by atoms with E-state index in [9.17, 15) is 4.79 Å². The van der Waals surface area contributed by atoms with E-state index in [-0.39, 0.29) is 5.91 Å². The fraction of sp³-hybridized carbons (Fsp3) is 0.308. The van der Waals surface area contributed by atoms with Gasteiger partial charge in [-0.2, -0.15) is 0 Å². The minimum absolute atomic E-state index is 0.0535. The Hall–Kier alpha value is -1.81. The third-order valence-corrected chi connectivity index (χ3v) is 2.37. The van der Waals surface area contributed by atoms with Gasteiger partial charge in [0.15, 0.2) is 0 Å². The Kier molecular flexibility index (Phi) is 5.23. The Morgan fingerprint density at radius 2 is 2.18 bits per heavy atom. The second kappa shape index (κ2) is 6.70. The standard InChI is InChI=1S/C13H18N2O2/c1-4-8-15(9-5-2)13(16)12(14-3)11-7-6-10-17-11/h4-7,10,12,14H,1-2,8-9H2,3H3. The molecule has 1 amide bonds. The van der Waals surface area contributed by atoms with Gasteiger partial charge in [-0.1, -0.05) is 12.2 Å². The van der Waals surface area contributed by atoms with Gasteiger partial charge in [0.05, 0.1) is 6.26 Å². The molecule has 0 bridgehead atoms. The second-order valence-electron chi connectivity index (χ2n) is 3.56. The highest BCUT2D eigenvalue weighted by Gasteiger charge is 2.25. The third kappa shape index (κ3) is 3.32. The largest absolute Gasteiger partial charge is 0.467 e. The summed E-state index contributed by atoms with van der Waals surface area (Å²) in [6.45, 7) is 8.26. The molecule has 1 aromatic rings. The maximum absolute atomic E-state index is 12.3. The van der Waals surface area contributed by atoms with Crippen molar-refractivity contribution in [3.63, 3.8) is 0 Å². The van der Waals surface area contributed by atoms with Gasteiger partial charge in [0.25, 0.3) is 0 Å². The normalized spacial score (nSPS) is 11.8.